The van der Waals surface area contributed by atoms with Crippen molar-refractivity contribution in [3.63, 3.8) is 0 Å². The van der Waals surface area contributed by atoms with Gasteiger partial charge in [0.05, 0.1) is 0 Å². The van der Waals surface area contributed by atoms with Crippen molar-refractivity contribution in [2.24, 2.45) is 11.7 Å². The first-order valence-corrected chi connectivity index (χ1v) is 4.50. The fraction of sp³-hybridized carbons (Fsp3) is 1.00. The molecule has 0 spiro atoms. The van der Waals surface area contributed by atoms with Gasteiger partial charge in [-0.15, -0.1) is 0 Å². The predicted octanol–water partition coefficient (Wildman–Crippen LogP) is 1.79. The highest BCUT2D eigenvalue weighted by molar-refractivity contribution is 4.62. The van der Waals surface area contributed by atoms with Crippen LogP contribution in [0.2, 0.25) is 0 Å². The Morgan fingerprint density at radius 1 is 1.36 bits per heavy atom. The van der Waals surface area contributed by atoms with Gasteiger partial charge < -0.3 is 10.5 Å². The molecule has 0 rings (SSSR count). The minimum Gasteiger partial charge on any atom is -0.382 e. The maximum Gasteiger partial charge on any atom is 0.0480 e. The maximum absolute atomic E-state index is 5.84. The Balaban J connectivity index is 3.15. The van der Waals surface area contributed by atoms with Crippen molar-refractivity contribution in [2.75, 3.05) is 13.2 Å². The van der Waals surface area contributed by atoms with Crippen LogP contribution in [0, 0.1) is 5.92 Å². The van der Waals surface area contributed by atoms with Gasteiger partial charge in [0, 0.05) is 19.3 Å². The third kappa shape index (κ3) is 7.82. The molecule has 0 amide bonds. The van der Waals surface area contributed by atoms with Gasteiger partial charge in [0.25, 0.3) is 0 Å². The molecule has 1 atom stereocenters. The van der Waals surface area contributed by atoms with Gasteiger partial charge in [-0.2, -0.15) is 0 Å². The molecule has 0 aromatic rings. The molecule has 0 fully saturated rings. The summed E-state index contributed by atoms with van der Waals surface area (Å²) in [7, 11) is 0. The van der Waals surface area contributed by atoms with Crippen LogP contribution in [0.4, 0.5) is 0 Å². The number of hydrogen-bond acceptors (Lipinski definition) is 2. The van der Waals surface area contributed by atoms with Crippen LogP contribution in [0.3, 0.4) is 0 Å². The molecule has 2 N–H and O–H groups in total. The molecule has 0 saturated carbocycles. The summed E-state index contributed by atoms with van der Waals surface area (Å²) < 4.78 is 5.21. The quantitative estimate of drug-likeness (QED) is 0.600. The van der Waals surface area contributed by atoms with Gasteiger partial charge in [-0.25, -0.2) is 0 Å². The van der Waals surface area contributed by atoms with E-state index >= 15 is 0 Å². The maximum atomic E-state index is 5.84. The van der Waals surface area contributed by atoms with Gasteiger partial charge in [0.2, 0.25) is 0 Å². The standard InChI is InChI=1S/C9H21NO/c1-4-11-6-5-9(10)7-8(2)3/h8-9H,4-7,10H2,1-3H3. The summed E-state index contributed by atoms with van der Waals surface area (Å²) in [6.45, 7) is 8.01. The lowest BCUT2D eigenvalue weighted by molar-refractivity contribution is 0.138. The number of hydrogen-bond donors (Lipinski definition) is 1. The van der Waals surface area contributed by atoms with Crippen LogP contribution < -0.4 is 5.73 Å². The third-order valence-corrected chi connectivity index (χ3v) is 1.61. The van der Waals surface area contributed by atoms with Gasteiger partial charge in [-0.05, 0) is 25.7 Å². The number of nitrogens with two attached hydrogens (primary N) is 1. The fourth-order valence-corrected chi connectivity index (χ4v) is 1.10. The largest absolute Gasteiger partial charge is 0.382 e. The van der Waals surface area contributed by atoms with Crippen LogP contribution >= 0.6 is 0 Å². The van der Waals surface area contributed by atoms with Gasteiger partial charge in [0.15, 0.2) is 0 Å². The van der Waals surface area contributed by atoms with Crippen molar-refractivity contribution >= 4 is 0 Å². The van der Waals surface area contributed by atoms with E-state index in [1.54, 1.807) is 0 Å². The summed E-state index contributed by atoms with van der Waals surface area (Å²) in [4.78, 5) is 0. The smallest absolute Gasteiger partial charge is 0.0480 e. The summed E-state index contributed by atoms with van der Waals surface area (Å²) >= 11 is 0. The molecule has 0 saturated heterocycles. The zero-order chi connectivity index (χ0) is 8.69. The highest BCUT2D eigenvalue weighted by Gasteiger charge is 2.04. The minimum absolute atomic E-state index is 0.321. The summed E-state index contributed by atoms with van der Waals surface area (Å²) in [5.41, 5.74) is 5.84. The highest BCUT2D eigenvalue weighted by atomic mass is 16.5. The molecule has 0 aromatic carbocycles. The van der Waals surface area contributed by atoms with Crippen molar-refractivity contribution in [2.45, 2.75) is 39.7 Å². The Labute approximate surface area is 70.1 Å². The predicted molar refractivity (Wildman–Crippen MR) is 48.5 cm³/mol. The lowest BCUT2D eigenvalue weighted by atomic mass is 10.0. The molecule has 68 valence electrons. The number of rotatable bonds is 6. The molecule has 0 heterocycles. The molecule has 0 aliphatic carbocycles. The Morgan fingerprint density at radius 2 is 2.00 bits per heavy atom. The van der Waals surface area contributed by atoms with E-state index in [0.717, 1.165) is 26.1 Å². The molecule has 0 radical (unpaired) electrons. The average Bonchev–Trinajstić information content (AvgIpc) is 1.86. The van der Waals surface area contributed by atoms with E-state index in [2.05, 4.69) is 13.8 Å². The summed E-state index contributed by atoms with van der Waals surface area (Å²) in [5, 5.41) is 0. The molecule has 0 bridgehead atoms. The van der Waals surface area contributed by atoms with Crippen molar-refractivity contribution < 1.29 is 4.74 Å². The van der Waals surface area contributed by atoms with Crippen LogP contribution in [0.15, 0.2) is 0 Å². The second-order valence-corrected chi connectivity index (χ2v) is 3.38. The van der Waals surface area contributed by atoms with E-state index in [4.69, 9.17) is 10.5 Å². The van der Waals surface area contributed by atoms with Crippen LogP contribution in [0.5, 0.6) is 0 Å². The van der Waals surface area contributed by atoms with Crippen molar-refractivity contribution in [3.8, 4) is 0 Å². The van der Waals surface area contributed by atoms with Gasteiger partial charge >= 0.3 is 0 Å². The zero-order valence-corrected chi connectivity index (χ0v) is 7.97. The summed E-state index contributed by atoms with van der Waals surface area (Å²) in [6, 6.07) is 0.321. The lowest BCUT2D eigenvalue weighted by Gasteiger charge is -2.13. The van der Waals surface area contributed by atoms with Crippen LogP contribution in [-0.4, -0.2) is 19.3 Å². The molecule has 11 heavy (non-hydrogen) atoms. The Morgan fingerprint density at radius 3 is 2.45 bits per heavy atom. The average molecular weight is 159 g/mol. The second-order valence-electron chi connectivity index (χ2n) is 3.38. The second kappa shape index (κ2) is 6.62. The van der Waals surface area contributed by atoms with Crippen LogP contribution in [0.25, 0.3) is 0 Å². The Kier molecular flexibility index (Phi) is 6.57. The molecular formula is C9H21NO. The Bertz CT molecular complexity index is 83.6. The van der Waals surface area contributed by atoms with Crippen molar-refractivity contribution in [1.82, 2.24) is 0 Å². The molecular weight excluding hydrogens is 138 g/mol. The first-order chi connectivity index (χ1) is 5.16. The fourth-order valence-electron chi connectivity index (χ4n) is 1.10. The van der Waals surface area contributed by atoms with E-state index in [0.29, 0.717) is 12.0 Å². The van der Waals surface area contributed by atoms with Crippen molar-refractivity contribution in [3.05, 3.63) is 0 Å². The topological polar surface area (TPSA) is 35.2 Å². The zero-order valence-electron chi connectivity index (χ0n) is 7.97. The summed E-state index contributed by atoms with van der Waals surface area (Å²) in [5.74, 6) is 0.701. The normalized spacial score (nSPS) is 13.9. The third-order valence-electron chi connectivity index (χ3n) is 1.61. The highest BCUT2D eigenvalue weighted by Crippen LogP contribution is 2.05. The van der Waals surface area contributed by atoms with E-state index in [-0.39, 0.29) is 0 Å². The lowest BCUT2D eigenvalue weighted by Crippen LogP contribution is -2.23. The van der Waals surface area contributed by atoms with Crippen LogP contribution in [-0.2, 0) is 4.74 Å². The molecule has 2 nitrogen and oxygen atoms in total. The van der Waals surface area contributed by atoms with E-state index in [1.807, 2.05) is 6.92 Å². The van der Waals surface area contributed by atoms with E-state index < -0.39 is 0 Å². The number of ether oxygens (including phenoxy) is 1. The van der Waals surface area contributed by atoms with E-state index in [1.165, 1.54) is 0 Å². The van der Waals surface area contributed by atoms with Gasteiger partial charge in [-0.3, -0.25) is 0 Å². The van der Waals surface area contributed by atoms with E-state index in [9.17, 15) is 0 Å². The van der Waals surface area contributed by atoms with Crippen molar-refractivity contribution in [1.29, 1.82) is 0 Å². The summed E-state index contributed by atoms with van der Waals surface area (Å²) in [6.07, 6.45) is 2.10. The SMILES string of the molecule is CCOCCC(N)CC(C)C. The molecule has 2 heteroatoms. The monoisotopic (exact) mass is 159 g/mol. The first kappa shape index (κ1) is 10.9. The Hall–Kier alpha value is -0.0800. The molecule has 0 aliphatic rings. The molecule has 0 aromatic heterocycles. The van der Waals surface area contributed by atoms with Crippen LogP contribution in [0.1, 0.15) is 33.6 Å². The molecule has 1 unspecified atom stereocenters. The van der Waals surface area contributed by atoms with Gasteiger partial charge in [0.1, 0.15) is 0 Å². The molecule has 0 aliphatic heterocycles. The first-order valence-electron chi connectivity index (χ1n) is 4.50. The minimum atomic E-state index is 0.321. The van der Waals surface area contributed by atoms with Gasteiger partial charge in [-0.1, -0.05) is 13.8 Å².